The molecule has 3 rings (SSSR count). The lowest BCUT2D eigenvalue weighted by Crippen LogP contribution is -2.26. The fourth-order valence-electron chi connectivity index (χ4n) is 3.49. The smallest absolute Gasteiger partial charge is 0.247 e. The van der Waals surface area contributed by atoms with E-state index in [9.17, 15) is 9.36 Å². The molecule has 0 aliphatic rings. The topological polar surface area (TPSA) is 108 Å². The van der Waals surface area contributed by atoms with Gasteiger partial charge in [-0.25, -0.2) is 4.98 Å². The molecule has 0 atom stereocenters. The van der Waals surface area contributed by atoms with E-state index in [-0.39, 0.29) is 16.9 Å². The number of nitrogens with zero attached hydrogens (tertiary/aromatic N) is 3. The maximum absolute atomic E-state index is 12.8. The fraction of sp³-hybridized carbons (Fsp3) is 0.276. The third-order valence-corrected chi connectivity index (χ3v) is 7.77. The second-order valence-corrected chi connectivity index (χ2v) is 13.2. The molecule has 2 aromatic carbocycles. The maximum Gasteiger partial charge on any atom is 0.247 e. The van der Waals surface area contributed by atoms with E-state index in [0.29, 0.717) is 52.1 Å². The van der Waals surface area contributed by atoms with Gasteiger partial charge in [-0.1, -0.05) is 42.2 Å². The second kappa shape index (κ2) is 13.5. The van der Waals surface area contributed by atoms with Gasteiger partial charge in [0.15, 0.2) is 5.82 Å². The van der Waals surface area contributed by atoms with Crippen molar-refractivity contribution in [2.45, 2.75) is 19.9 Å². The summed E-state index contributed by atoms with van der Waals surface area (Å²) in [6.45, 7) is 11.7. The first kappa shape index (κ1) is 30.7. The molecule has 0 aliphatic heterocycles. The molecule has 40 heavy (non-hydrogen) atoms. The zero-order valence-corrected chi connectivity index (χ0v) is 25.2. The van der Waals surface area contributed by atoms with Crippen LogP contribution in [0.5, 0.6) is 5.75 Å². The second-order valence-electron chi connectivity index (χ2n) is 9.61. The molecule has 3 N–H and O–H groups in total. The molecule has 0 saturated heterocycles. The lowest BCUT2D eigenvalue weighted by atomic mass is 10.1. The van der Waals surface area contributed by atoms with Crippen molar-refractivity contribution in [1.29, 1.82) is 0 Å². The summed E-state index contributed by atoms with van der Waals surface area (Å²) < 4.78 is 18.4. The number of methoxy groups -OCH3 is 1. The third-order valence-electron chi connectivity index (χ3n) is 5.94. The van der Waals surface area contributed by atoms with Crippen LogP contribution in [0.1, 0.15) is 19.4 Å². The summed E-state index contributed by atoms with van der Waals surface area (Å²) in [5.74, 6) is 6.90. The molecule has 210 valence electrons. The number of halogens is 1. The Bertz CT molecular complexity index is 1510. The molecule has 3 aromatic rings. The summed E-state index contributed by atoms with van der Waals surface area (Å²) in [6.07, 6.45) is 2.64. The Kier molecular flexibility index (Phi) is 10.4. The molecule has 1 heterocycles. The summed E-state index contributed by atoms with van der Waals surface area (Å²) in [6, 6.07) is 11.1. The predicted molar refractivity (Wildman–Crippen MR) is 166 cm³/mol. The fourth-order valence-corrected chi connectivity index (χ4v) is 4.78. The van der Waals surface area contributed by atoms with E-state index in [1.165, 1.54) is 19.4 Å². The van der Waals surface area contributed by atoms with Crippen molar-refractivity contribution in [3.63, 3.8) is 0 Å². The van der Waals surface area contributed by atoms with Gasteiger partial charge in [-0.15, -0.1) is 0 Å². The molecular formula is C29H34ClN6O3P. The van der Waals surface area contributed by atoms with Gasteiger partial charge in [-0.05, 0) is 58.5 Å². The van der Waals surface area contributed by atoms with Crippen molar-refractivity contribution in [2.24, 2.45) is 0 Å². The molecule has 11 heteroatoms. The van der Waals surface area contributed by atoms with E-state index in [1.807, 2.05) is 31.3 Å². The van der Waals surface area contributed by atoms with Crippen LogP contribution in [-0.2, 0) is 9.36 Å². The summed E-state index contributed by atoms with van der Waals surface area (Å²) >= 11 is 6.40. The Morgan fingerprint density at radius 1 is 1.20 bits per heavy atom. The first-order chi connectivity index (χ1) is 18.9. The standard InChI is InChI=1S/C29H34ClN6O3P/c1-8-27(37)32-23-17-24(25(39-5)16-20(23)12-11-15-36(4)19(2)3)34-29-31-18-21(30)28(35-29)33-22-13-9-10-14-26(22)40(6,7)38/h8-10,13-14,16-19H,1,15H2,2-7H3,(H,32,37)(H2,31,33,34,35). The van der Waals surface area contributed by atoms with E-state index in [1.54, 1.807) is 25.5 Å². The molecule has 0 unspecified atom stereocenters. The normalized spacial score (nSPS) is 11.0. The number of ether oxygens (including phenoxy) is 1. The summed E-state index contributed by atoms with van der Waals surface area (Å²) in [7, 11) is 0.960. The van der Waals surface area contributed by atoms with Crippen molar-refractivity contribution >= 4 is 58.8 Å². The zero-order valence-electron chi connectivity index (χ0n) is 23.5. The van der Waals surface area contributed by atoms with Gasteiger partial charge < -0.3 is 25.3 Å². The van der Waals surface area contributed by atoms with E-state index >= 15 is 0 Å². The number of anilines is 5. The zero-order chi connectivity index (χ0) is 29.4. The van der Waals surface area contributed by atoms with Crippen LogP contribution >= 0.6 is 18.7 Å². The summed E-state index contributed by atoms with van der Waals surface area (Å²) in [5, 5.41) is 10.1. The monoisotopic (exact) mass is 580 g/mol. The lowest BCUT2D eigenvalue weighted by Gasteiger charge is -2.17. The maximum atomic E-state index is 12.8. The average Bonchev–Trinajstić information content (AvgIpc) is 2.91. The summed E-state index contributed by atoms with van der Waals surface area (Å²) in [5.41, 5.74) is 2.18. The van der Waals surface area contributed by atoms with E-state index in [4.69, 9.17) is 16.3 Å². The third kappa shape index (κ3) is 8.09. The number of hydrogen-bond acceptors (Lipinski definition) is 8. The Balaban J connectivity index is 1.98. The molecule has 0 aliphatic carbocycles. The Labute approximate surface area is 240 Å². The van der Waals surface area contributed by atoms with Gasteiger partial charge in [0.2, 0.25) is 11.9 Å². The van der Waals surface area contributed by atoms with Crippen molar-refractivity contribution in [1.82, 2.24) is 14.9 Å². The highest BCUT2D eigenvalue weighted by Crippen LogP contribution is 2.39. The van der Waals surface area contributed by atoms with Crippen molar-refractivity contribution in [3.8, 4) is 17.6 Å². The van der Waals surface area contributed by atoms with E-state index < -0.39 is 7.14 Å². The molecule has 0 fully saturated rings. The number of rotatable bonds is 10. The molecule has 0 saturated carbocycles. The first-order valence-electron chi connectivity index (χ1n) is 12.5. The van der Waals surface area contributed by atoms with Gasteiger partial charge in [-0.2, -0.15) is 4.98 Å². The SMILES string of the molecule is C=CC(=O)Nc1cc(Nc2ncc(Cl)c(Nc3ccccc3P(C)(C)=O)n2)c(OC)cc1C#CCN(C)C(C)C. The largest absolute Gasteiger partial charge is 0.495 e. The van der Waals surface area contributed by atoms with Gasteiger partial charge >= 0.3 is 0 Å². The van der Waals surface area contributed by atoms with Crippen molar-refractivity contribution in [2.75, 3.05) is 50.0 Å². The molecular weight excluding hydrogens is 547 g/mol. The number of nitrogens with one attached hydrogen (secondary N) is 3. The van der Waals surface area contributed by atoms with Gasteiger partial charge in [-0.3, -0.25) is 9.69 Å². The van der Waals surface area contributed by atoms with Crippen LogP contribution in [0.15, 0.2) is 55.3 Å². The van der Waals surface area contributed by atoms with Gasteiger partial charge in [0.1, 0.15) is 17.9 Å². The number of benzene rings is 2. The minimum atomic E-state index is -2.57. The number of hydrogen-bond donors (Lipinski definition) is 3. The first-order valence-corrected chi connectivity index (χ1v) is 15.5. The molecule has 0 spiro atoms. The van der Waals surface area contributed by atoms with Crippen LogP contribution < -0.4 is 26.0 Å². The minimum absolute atomic E-state index is 0.220. The van der Waals surface area contributed by atoms with Gasteiger partial charge in [0.25, 0.3) is 0 Å². The number of para-hydroxylation sites is 1. The van der Waals surface area contributed by atoms with Crippen LogP contribution in [0.3, 0.4) is 0 Å². The molecule has 1 aromatic heterocycles. The minimum Gasteiger partial charge on any atom is -0.495 e. The quantitative estimate of drug-likeness (QED) is 0.159. The van der Waals surface area contributed by atoms with E-state index in [0.717, 1.165) is 0 Å². The molecule has 9 nitrogen and oxygen atoms in total. The lowest BCUT2D eigenvalue weighted by molar-refractivity contribution is -0.111. The number of aromatic nitrogens is 2. The molecule has 0 radical (unpaired) electrons. The van der Waals surface area contributed by atoms with Crippen molar-refractivity contribution < 1.29 is 14.1 Å². The average molecular weight is 581 g/mol. The van der Waals surface area contributed by atoms with Crippen LogP contribution in [-0.4, -0.2) is 60.8 Å². The van der Waals surface area contributed by atoms with Gasteiger partial charge in [0.05, 0.1) is 42.5 Å². The Morgan fingerprint density at radius 3 is 2.58 bits per heavy atom. The van der Waals surface area contributed by atoms with Crippen LogP contribution in [0, 0.1) is 11.8 Å². The number of carbonyl (C=O) groups excluding carboxylic acids is 1. The van der Waals surface area contributed by atoms with Crippen LogP contribution in [0.4, 0.5) is 28.8 Å². The Morgan fingerprint density at radius 2 is 1.93 bits per heavy atom. The highest BCUT2D eigenvalue weighted by molar-refractivity contribution is 7.70. The van der Waals surface area contributed by atoms with Crippen molar-refractivity contribution in [3.05, 3.63) is 65.8 Å². The van der Waals surface area contributed by atoms with Crippen LogP contribution in [0.25, 0.3) is 0 Å². The summed E-state index contributed by atoms with van der Waals surface area (Å²) in [4.78, 5) is 23.1. The van der Waals surface area contributed by atoms with Crippen LogP contribution in [0.2, 0.25) is 5.02 Å². The molecule has 0 bridgehead atoms. The highest BCUT2D eigenvalue weighted by atomic mass is 35.5. The number of amides is 1. The van der Waals surface area contributed by atoms with E-state index in [2.05, 4.69) is 63.1 Å². The molecule has 1 amide bonds. The Hall–Kier alpha value is -3.83. The van der Waals surface area contributed by atoms with Gasteiger partial charge in [0, 0.05) is 17.4 Å². The highest BCUT2D eigenvalue weighted by Gasteiger charge is 2.18. The number of carbonyl (C=O) groups is 1. The predicted octanol–water partition coefficient (Wildman–Crippen LogP) is 5.69.